The van der Waals surface area contributed by atoms with Crippen molar-refractivity contribution in [2.75, 3.05) is 38.6 Å². The third kappa shape index (κ3) is 14.5. The Hall–Kier alpha value is -1.73. The van der Waals surface area contributed by atoms with Crippen LogP contribution in [0.15, 0.2) is 60.7 Å². The third-order valence-corrected chi connectivity index (χ3v) is 7.00. The van der Waals surface area contributed by atoms with E-state index in [0.717, 1.165) is 44.8 Å². The molecule has 2 aromatic rings. The molecule has 5 nitrogen and oxygen atoms in total. The Bertz CT molecular complexity index is 850. The molecule has 1 aliphatic rings. The van der Waals surface area contributed by atoms with Crippen LogP contribution in [-0.4, -0.2) is 56.5 Å². The molecule has 0 aliphatic carbocycles. The van der Waals surface area contributed by atoms with Gasteiger partial charge in [-0.2, -0.15) is 8.42 Å². The van der Waals surface area contributed by atoms with Crippen LogP contribution in [0.4, 0.5) is 0 Å². The normalized spacial score (nSPS) is 15.0. The van der Waals surface area contributed by atoms with E-state index in [-0.39, 0.29) is 5.75 Å². The van der Waals surface area contributed by atoms with Crippen molar-refractivity contribution >= 4 is 10.1 Å². The van der Waals surface area contributed by atoms with E-state index >= 15 is 0 Å². The van der Waals surface area contributed by atoms with Gasteiger partial charge in [-0.1, -0.05) is 67.6 Å². The van der Waals surface area contributed by atoms with Gasteiger partial charge >= 0.3 is 0 Å². The van der Waals surface area contributed by atoms with Crippen molar-refractivity contribution < 1.29 is 17.7 Å². The average Bonchev–Trinajstić information content (AvgIpc) is 2.84. The van der Waals surface area contributed by atoms with Gasteiger partial charge in [0.15, 0.2) is 0 Å². The van der Waals surface area contributed by atoms with Crippen LogP contribution in [0.3, 0.4) is 0 Å². The van der Waals surface area contributed by atoms with E-state index in [0.29, 0.717) is 6.42 Å². The lowest BCUT2D eigenvalue weighted by Gasteiger charge is -2.30. The predicted molar refractivity (Wildman–Crippen MR) is 141 cm³/mol. The Labute approximate surface area is 207 Å². The number of rotatable bonds is 13. The van der Waals surface area contributed by atoms with Crippen LogP contribution in [0.2, 0.25) is 0 Å². The molecule has 1 saturated heterocycles. The molecule has 0 amide bonds. The van der Waals surface area contributed by atoms with E-state index in [4.69, 9.17) is 9.29 Å². The van der Waals surface area contributed by atoms with Crippen molar-refractivity contribution in [3.8, 4) is 0 Å². The van der Waals surface area contributed by atoms with Crippen LogP contribution in [-0.2, 0) is 27.7 Å². The van der Waals surface area contributed by atoms with E-state index in [1.165, 1.54) is 50.0 Å². The maximum absolute atomic E-state index is 10.4. The lowest BCUT2D eigenvalue weighted by molar-refractivity contribution is 0.111. The van der Waals surface area contributed by atoms with Gasteiger partial charge in [-0.15, -0.1) is 0 Å². The summed E-state index contributed by atoms with van der Waals surface area (Å²) < 4.78 is 35.0. The first kappa shape index (κ1) is 28.5. The van der Waals surface area contributed by atoms with Gasteiger partial charge in [0.25, 0.3) is 10.1 Å². The molecular weight excluding hydrogens is 446 g/mol. The Kier molecular flexibility index (Phi) is 14.1. The average molecular weight is 490 g/mol. The molecule has 0 bridgehead atoms. The number of piperidine rings is 1. The van der Waals surface area contributed by atoms with E-state index in [9.17, 15) is 8.42 Å². The van der Waals surface area contributed by atoms with Gasteiger partial charge in [0.1, 0.15) is 0 Å². The molecule has 1 aliphatic heterocycles. The molecule has 3 rings (SSSR count). The standard InChI is InChI=1S/C18H29NO.C10H14O3S/c1-17-10-13-19(14-11-17)12-6-16-20-15-5-9-18-7-3-2-4-8-18;11-14(12,13)9-5-4-8-10-6-2-1-3-7-10/h2-4,7-8,17H,5-6,9-16H2,1H3;1-3,6-7H,4-5,8-9H2,(H,11,12,13). The molecule has 190 valence electrons. The minimum absolute atomic E-state index is 0.139. The monoisotopic (exact) mass is 489 g/mol. The number of ether oxygens (including phenoxy) is 1. The van der Waals surface area contributed by atoms with Gasteiger partial charge in [0.2, 0.25) is 0 Å². The molecule has 0 spiro atoms. The summed E-state index contributed by atoms with van der Waals surface area (Å²) in [4.78, 5) is 2.59. The summed E-state index contributed by atoms with van der Waals surface area (Å²) in [6, 6.07) is 20.5. The summed E-state index contributed by atoms with van der Waals surface area (Å²) in [5.74, 6) is 0.792. The molecule has 0 radical (unpaired) electrons. The first-order valence-corrected chi connectivity index (χ1v) is 14.4. The minimum Gasteiger partial charge on any atom is -0.381 e. The summed E-state index contributed by atoms with van der Waals surface area (Å²) in [7, 11) is -3.78. The van der Waals surface area contributed by atoms with Gasteiger partial charge in [-0.05, 0) is 81.5 Å². The summed E-state index contributed by atoms with van der Waals surface area (Å²) in [6.45, 7) is 7.97. The molecule has 1 N–H and O–H groups in total. The highest BCUT2D eigenvalue weighted by Gasteiger charge is 2.14. The zero-order valence-electron chi connectivity index (χ0n) is 20.8. The molecule has 1 fully saturated rings. The largest absolute Gasteiger partial charge is 0.381 e. The van der Waals surface area contributed by atoms with E-state index in [2.05, 4.69) is 42.2 Å². The fraction of sp³-hybridized carbons (Fsp3) is 0.571. The summed E-state index contributed by atoms with van der Waals surface area (Å²) in [6.07, 6.45) is 8.33. The molecular formula is C28H43NO4S. The van der Waals surface area contributed by atoms with Crippen LogP contribution >= 0.6 is 0 Å². The summed E-state index contributed by atoms with van der Waals surface area (Å²) in [5, 5.41) is 0. The van der Waals surface area contributed by atoms with E-state index < -0.39 is 10.1 Å². The quantitative estimate of drug-likeness (QED) is 0.291. The second-order valence-corrected chi connectivity index (χ2v) is 10.9. The summed E-state index contributed by atoms with van der Waals surface area (Å²) in [5.41, 5.74) is 2.61. The maximum atomic E-state index is 10.4. The Morgan fingerprint density at radius 1 is 0.824 bits per heavy atom. The first-order chi connectivity index (χ1) is 16.4. The van der Waals surface area contributed by atoms with Crippen molar-refractivity contribution in [3.05, 3.63) is 71.8 Å². The van der Waals surface area contributed by atoms with Gasteiger partial charge in [-0.3, -0.25) is 4.55 Å². The first-order valence-electron chi connectivity index (χ1n) is 12.8. The molecule has 0 unspecified atom stereocenters. The number of unbranched alkanes of at least 4 members (excludes halogenated alkanes) is 1. The van der Waals surface area contributed by atoms with Crippen LogP contribution in [0.5, 0.6) is 0 Å². The minimum atomic E-state index is -3.78. The van der Waals surface area contributed by atoms with Crippen molar-refractivity contribution in [3.63, 3.8) is 0 Å². The summed E-state index contributed by atoms with van der Waals surface area (Å²) >= 11 is 0. The highest BCUT2D eigenvalue weighted by molar-refractivity contribution is 7.85. The third-order valence-electron chi connectivity index (χ3n) is 6.20. The molecule has 6 heteroatoms. The number of benzene rings is 2. The van der Waals surface area contributed by atoms with Crippen molar-refractivity contribution in [2.24, 2.45) is 5.92 Å². The highest BCUT2D eigenvalue weighted by Crippen LogP contribution is 2.15. The SMILES string of the molecule is CC1CCN(CCCOCCCc2ccccc2)CC1.O=S(=O)(O)CCCCc1ccccc1. The lowest BCUT2D eigenvalue weighted by atomic mass is 9.99. The fourth-order valence-electron chi connectivity index (χ4n) is 4.06. The zero-order chi connectivity index (χ0) is 24.5. The smallest absolute Gasteiger partial charge is 0.264 e. The van der Waals surface area contributed by atoms with Crippen molar-refractivity contribution in [1.29, 1.82) is 0 Å². The fourth-order valence-corrected chi connectivity index (χ4v) is 4.63. The van der Waals surface area contributed by atoms with Crippen molar-refractivity contribution in [2.45, 2.75) is 58.3 Å². The van der Waals surface area contributed by atoms with Crippen LogP contribution < -0.4 is 0 Å². The molecule has 0 atom stereocenters. The molecule has 2 aromatic carbocycles. The number of nitrogens with zero attached hydrogens (tertiary/aromatic N) is 1. The Morgan fingerprint density at radius 3 is 1.91 bits per heavy atom. The van der Waals surface area contributed by atoms with Crippen molar-refractivity contribution in [1.82, 2.24) is 4.90 Å². The number of aryl methyl sites for hydroxylation is 2. The molecule has 34 heavy (non-hydrogen) atoms. The van der Waals surface area contributed by atoms with Gasteiger partial charge in [0.05, 0.1) is 5.75 Å². The number of hydrogen-bond acceptors (Lipinski definition) is 4. The highest BCUT2D eigenvalue weighted by atomic mass is 32.2. The second-order valence-electron chi connectivity index (χ2n) is 9.31. The molecule has 0 saturated carbocycles. The van der Waals surface area contributed by atoms with Gasteiger partial charge < -0.3 is 9.64 Å². The van der Waals surface area contributed by atoms with E-state index in [1.807, 2.05) is 30.3 Å². The van der Waals surface area contributed by atoms with Crippen LogP contribution in [0, 0.1) is 5.92 Å². The Balaban J connectivity index is 0.000000257. The van der Waals surface area contributed by atoms with Gasteiger partial charge in [0, 0.05) is 19.8 Å². The molecule has 1 heterocycles. The zero-order valence-corrected chi connectivity index (χ0v) is 21.6. The number of hydrogen-bond donors (Lipinski definition) is 1. The Morgan fingerprint density at radius 2 is 1.35 bits per heavy atom. The molecule has 0 aromatic heterocycles. The van der Waals surface area contributed by atoms with Gasteiger partial charge in [-0.25, -0.2) is 0 Å². The topological polar surface area (TPSA) is 66.8 Å². The lowest BCUT2D eigenvalue weighted by Crippen LogP contribution is -2.34. The maximum Gasteiger partial charge on any atom is 0.264 e. The predicted octanol–water partition coefficient (Wildman–Crippen LogP) is 5.65. The second kappa shape index (κ2) is 16.8. The number of likely N-dealkylation sites (tertiary alicyclic amines) is 1. The van der Waals surface area contributed by atoms with Crippen LogP contribution in [0.1, 0.15) is 56.6 Å². The van der Waals surface area contributed by atoms with Crippen LogP contribution in [0.25, 0.3) is 0 Å². The van der Waals surface area contributed by atoms with E-state index in [1.54, 1.807) is 0 Å².